The maximum absolute atomic E-state index is 12.2. The molecule has 2 atom stereocenters. The first-order chi connectivity index (χ1) is 3.70. The van der Waals surface area contributed by atoms with Crippen LogP contribution in [-0.2, 0) is 4.79 Å². The summed E-state index contributed by atoms with van der Waals surface area (Å²) < 4.78 is 12.2. The van der Waals surface area contributed by atoms with Crippen LogP contribution in [0.2, 0.25) is 0 Å². The summed E-state index contributed by atoms with van der Waals surface area (Å²) in [6.07, 6.45) is -0.927. The third kappa shape index (κ3) is 0.804. The molecular formula is C5H8FNO. The Labute approximate surface area is 47.1 Å². The van der Waals surface area contributed by atoms with Crippen molar-refractivity contribution in [1.29, 1.82) is 0 Å². The van der Waals surface area contributed by atoms with Gasteiger partial charge >= 0.3 is 0 Å². The highest BCUT2D eigenvalue weighted by atomic mass is 19.1. The second kappa shape index (κ2) is 1.73. The number of halogens is 1. The minimum absolute atomic E-state index is 0.0255. The Bertz CT molecular complexity index is 115. The SMILES string of the molecule is CC1CC(F)C(=O)N1. The smallest absolute Gasteiger partial charge is 0.254 e. The van der Waals surface area contributed by atoms with Crippen molar-refractivity contribution in [3.8, 4) is 0 Å². The van der Waals surface area contributed by atoms with E-state index in [1.54, 1.807) is 6.92 Å². The van der Waals surface area contributed by atoms with E-state index < -0.39 is 12.1 Å². The van der Waals surface area contributed by atoms with E-state index in [2.05, 4.69) is 5.32 Å². The van der Waals surface area contributed by atoms with Crippen LogP contribution >= 0.6 is 0 Å². The van der Waals surface area contributed by atoms with Gasteiger partial charge < -0.3 is 5.32 Å². The van der Waals surface area contributed by atoms with Gasteiger partial charge in [0.25, 0.3) is 5.91 Å². The molecule has 1 fully saturated rings. The van der Waals surface area contributed by atoms with Crippen molar-refractivity contribution in [3.63, 3.8) is 0 Å². The normalized spacial score (nSPS) is 37.5. The Morgan fingerprint density at radius 3 is 2.62 bits per heavy atom. The maximum atomic E-state index is 12.2. The highest BCUT2D eigenvalue weighted by Crippen LogP contribution is 2.09. The van der Waals surface area contributed by atoms with Gasteiger partial charge in [-0.2, -0.15) is 0 Å². The molecule has 1 rings (SSSR count). The fourth-order valence-electron chi connectivity index (χ4n) is 0.810. The van der Waals surface area contributed by atoms with Gasteiger partial charge in [0, 0.05) is 12.5 Å². The summed E-state index contributed by atoms with van der Waals surface area (Å²) in [6.45, 7) is 1.79. The average molecular weight is 117 g/mol. The molecule has 3 heteroatoms. The van der Waals surface area contributed by atoms with E-state index in [1.165, 1.54) is 0 Å². The van der Waals surface area contributed by atoms with Crippen molar-refractivity contribution in [2.45, 2.75) is 25.6 Å². The quantitative estimate of drug-likeness (QED) is 0.483. The molecule has 0 aromatic rings. The van der Waals surface area contributed by atoms with Crippen LogP contribution in [0, 0.1) is 0 Å². The third-order valence-electron chi connectivity index (χ3n) is 1.23. The molecule has 2 unspecified atom stereocenters. The van der Waals surface area contributed by atoms with Gasteiger partial charge in [-0.05, 0) is 6.92 Å². The summed E-state index contributed by atoms with van der Waals surface area (Å²) in [4.78, 5) is 10.3. The molecule has 1 heterocycles. The molecule has 46 valence electrons. The summed E-state index contributed by atoms with van der Waals surface area (Å²) in [7, 11) is 0. The number of amides is 1. The van der Waals surface area contributed by atoms with Crippen LogP contribution in [0.4, 0.5) is 4.39 Å². The van der Waals surface area contributed by atoms with E-state index in [9.17, 15) is 9.18 Å². The van der Waals surface area contributed by atoms with Gasteiger partial charge in [-0.1, -0.05) is 0 Å². The number of rotatable bonds is 0. The lowest BCUT2D eigenvalue weighted by atomic mass is 10.2. The van der Waals surface area contributed by atoms with Crippen LogP contribution in [0.3, 0.4) is 0 Å². The lowest BCUT2D eigenvalue weighted by Crippen LogP contribution is -2.24. The molecular weight excluding hydrogens is 109 g/mol. The van der Waals surface area contributed by atoms with Gasteiger partial charge in [0.05, 0.1) is 0 Å². The van der Waals surface area contributed by atoms with Gasteiger partial charge in [-0.25, -0.2) is 4.39 Å². The maximum Gasteiger partial charge on any atom is 0.254 e. The zero-order valence-electron chi connectivity index (χ0n) is 4.65. The standard InChI is InChI=1S/C5H8FNO/c1-3-2-4(6)5(8)7-3/h3-4H,2H2,1H3,(H,7,8). The molecule has 8 heavy (non-hydrogen) atoms. The van der Waals surface area contributed by atoms with Gasteiger partial charge in [-0.3, -0.25) is 4.79 Å². The van der Waals surface area contributed by atoms with Gasteiger partial charge in [-0.15, -0.1) is 0 Å². The fourth-order valence-corrected chi connectivity index (χ4v) is 0.810. The predicted octanol–water partition coefficient (Wildman–Crippen LogP) is 0.233. The van der Waals surface area contributed by atoms with Crippen molar-refractivity contribution in [3.05, 3.63) is 0 Å². The highest BCUT2D eigenvalue weighted by molar-refractivity contribution is 5.83. The number of carbonyl (C=O) groups is 1. The zero-order chi connectivity index (χ0) is 6.15. The Kier molecular flexibility index (Phi) is 1.19. The number of nitrogens with one attached hydrogen (secondary N) is 1. The van der Waals surface area contributed by atoms with Crippen LogP contribution < -0.4 is 5.32 Å². The summed E-state index contributed by atoms with van der Waals surface area (Å²) in [5.41, 5.74) is 0. The van der Waals surface area contributed by atoms with Crippen molar-refractivity contribution < 1.29 is 9.18 Å². The number of carbonyl (C=O) groups excluding carboxylic acids is 1. The van der Waals surface area contributed by atoms with E-state index in [4.69, 9.17) is 0 Å². The molecule has 0 aromatic carbocycles. The predicted molar refractivity (Wildman–Crippen MR) is 27.1 cm³/mol. The number of hydrogen-bond acceptors (Lipinski definition) is 1. The minimum Gasteiger partial charge on any atom is -0.351 e. The summed E-state index contributed by atoms with van der Waals surface area (Å²) >= 11 is 0. The van der Waals surface area contributed by atoms with Crippen LogP contribution in [0.5, 0.6) is 0 Å². The Morgan fingerprint density at radius 1 is 1.88 bits per heavy atom. The molecule has 2 nitrogen and oxygen atoms in total. The molecule has 1 amide bonds. The van der Waals surface area contributed by atoms with Crippen molar-refractivity contribution in [1.82, 2.24) is 5.32 Å². The van der Waals surface area contributed by atoms with E-state index >= 15 is 0 Å². The second-order valence-corrected chi connectivity index (χ2v) is 2.11. The molecule has 0 aliphatic carbocycles. The van der Waals surface area contributed by atoms with Crippen molar-refractivity contribution in [2.24, 2.45) is 0 Å². The molecule has 1 saturated heterocycles. The third-order valence-corrected chi connectivity index (χ3v) is 1.23. The van der Waals surface area contributed by atoms with Crippen LogP contribution in [-0.4, -0.2) is 18.1 Å². The molecule has 1 aliphatic rings. The molecule has 1 N–H and O–H groups in total. The first-order valence-corrected chi connectivity index (χ1v) is 2.64. The number of alkyl halides is 1. The molecule has 1 aliphatic heterocycles. The highest BCUT2D eigenvalue weighted by Gasteiger charge is 2.28. The molecule has 0 spiro atoms. The van der Waals surface area contributed by atoms with Crippen molar-refractivity contribution >= 4 is 5.91 Å². The minimum atomic E-state index is -1.26. The summed E-state index contributed by atoms with van der Waals surface area (Å²) in [5, 5.41) is 2.45. The Hall–Kier alpha value is -0.600. The van der Waals surface area contributed by atoms with Crippen LogP contribution in [0.15, 0.2) is 0 Å². The van der Waals surface area contributed by atoms with E-state index in [1.807, 2.05) is 0 Å². The van der Waals surface area contributed by atoms with Gasteiger partial charge in [0.2, 0.25) is 0 Å². The average Bonchev–Trinajstić information content (AvgIpc) is 1.85. The molecule has 0 aromatic heterocycles. The van der Waals surface area contributed by atoms with E-state index in [0.29, 0.717) is 6.42 Å². The fraction of sp³-hybridized carbons (Fsp3) is 0.800. The monoisotopic (exact) mass is 117 g/mol. The van der Waals surface area contributed by atoms with E-state index in [-0.39, 0.29) is 6.04 Å². The van der Waals surface area contributed by atoms with E-state index in [0.717, 1.165) is 0 Å². The van der Waals surface area contributed by atoms with Crippen LogP contribution in [0.1, 0.15) is 13.3 Å². The van der Waals surface area contributed by atoms with Gasteiger partial charge in [0.15, 0.2) is 6.17 Å². The first-order valence-electron chi connectivity index (χ1n) is 2.64. The number of hydrogen-bond donors (Lipinski definition) is 1. The second-order valence-electron chi connectivity index (χ2n) is 2.11. The first kappa shape index (κ1) is 5.54. The molecule has 0 radical (unpaired) electrons. The topological polar surface area (TPSA) is 29.1 Å². The van der Waals surface area contributed by atoms with Crippen LogP contribution in [0.25, 0.3) is 0 Å². The zero-order valence-corrected chi connectivity index (χ0v) is 4.65. The Morgan fingerprint density at radius 2 is 2.50 bits per heavy atom. The lowest BCUT2D eigenvalue weighted by molar-refractivity contribution is -0.123. The Balaban J connectivity index is 2.51. The molecule has 0 saturated carbocycles. The largest absolute Gasteiger partial charge is 0.351 e. The molecule has 0 bridgehead atoms. The summed E-state index contributed by atoms with van der Waals surface area (Å²) in [5.74, 6) is -0.461. The summed E-state index contributed by atoms with van der Waals surface area (Å²) in [6, 6.07) is 0.0255. The van der Waals surface area contributed by atoms with Crippen molar-refractivity contribution in [2.75, 3.05) is 0 Å². The lowest BCUT2D eigenvalue weighted by Gasteiger charge is -1.94. The van der Waals surface area contributed by atoms with Gasteiger partial charge in [0.1, 0.15) is 0 Å².